The molecule has 3 aromatic carbocycles. The molecule has 1 aliphatic heterocycles. The first kappa shape index (κ1) is 34.5. The Labute approximate surface area is 305 Å². The summed E-state index contributed by atoms with van der Waals surface area (Å²) in [5.41, 5.74) is 8.41. The highest BCUT2D eigenvalue weighted by molar-refractivity contribution is 6.35. The molecule has 10 nitrogen and oxygen atoms in total. The first-order chi connectivity index (χ1) is 24.3. The number of carbonyl (C=O) groups is 2. The van der Waals surface area contributed by atoms with Gasteiger partial charge in [-0.25, -0.2) is 4.79 Å². The summed E-state index contributed by atoms with van der Waals surface area (Å²) < 4.78 is 15.6. The molecule has 0 aliphatic carbocycles. The van der Waals surface area contributed by atoms with Gasteiger partial charge in [0, 0.05) is 46.9 Å². The lowest BCUT2D eigenvalue weighted by Gasteiger charge is -2.34. The largest absolute Gasteiger partial charge is 0.496 e. The Morgan fingerprint density at radius 3 is 2.45 bits per heavy atom. The summed E-state index contributed by atoms with van der Waals surface area (Å²) in [6, 6.07) is 12.9. The molecule has 1 amide bonds. The molecule has 4 heterocycles. The monoisotopic (exact) mass is 727 g/mol. The lowest BCUT2D eigenvalue weighted by molar-refractivity contribution is 0.0687. The van der Waals surface area contributed by atoms with Gasteiger partial charge in [0.2, 0.25) is 0 Å². The summed E-state index contributed by atoms with van der Waals surface area (Å²) in [4.78, 5) is 29.6. The molecule has 0 radical (unpaired) electrons. The average molecular weight is 729 g/mol. The Morgan fingerprint density at radius 2 is 1.80 bits per heavy atom. The van der Waals surface area contributed by atoms with Gasteiger partial charge < -0.3 is 28.6 Å². The van der Waals surface area contributed by atoms with Crippen molar-refractivity contribution in [3.8, 4) is 22.6 Å². The van der Waals surface area contributed by atoms with Gasteiger partial charge in [-0.15, -0.1) is 0 Å². The maximum Gasteiger partial charge on any atom is 0.354 e. The minimum atomic E-state index is -1.14. The molecule has 1 atom stereocenters. The number of H-pyrrole nitrogens is 1. The highest BCUT2D eigenvalue weighted by atomic mass is 35.5. The lowest BCUT2D eigenvalue weighted by Crippen LogP contribution is -2.43. The fourth-order valence-electron chi connectivity index (χ4n) is 7.82. The topological polar surface area (TPSA) is 115 Å². The summed E-state index contributed by atoms with van der Waals surface area (Å²) in [5, 5.41) is 20.8. The second-order valence-electron chi connectivity index (χ2n) is 13.3. The number of carboxylic acid groups (broad SMARTS) is 1. The van der Waals surface area contributed by atoms with E-state index < -0.39 is 5.97 Å². The van der Waals surface area contributed by atoms with Crippen LogP contribution in [0.4, 0.5) is 5.69 Å². The van der Waals surface area contributed by atoms with Crippen molar-refractivity contribution in [2.24, 2.45) is 7.05 Å². The number of fused-ring (bicyclic) bond motifs is 4. The third-order valence-corrected chi connectivity index (χ3v) is 10.9. The number of aromatic nitrogens is 4. The standard InChI is InChI=1S/C39H39Cl2N5O5/c1-19-16-24(17-20(2)33(19)41)51-15-9-10-25-26-13-14-27(40)31(30-22(4)42-43-23(30)5)34(26)46-21(3)18-45(38(47)35(25)46)36-32-28(11-8-12-29(32)50-7)44(6)37(36)39(48)49/h8,11-14,16-17,21H,9-10,15,18H2,1-7H3,(H,42,43)(H,48,49)/t21-/m1/s1. The molecule has 2 N–H and O–H groups in total. The first-order valence-electron chi connectivity index (χ1n) is 16.8. The number of aryl methyl sites for hydroxylation is 6. The molecule has 1 aliphatic rings. The Morgan fingerprint density at radius 1 is 1.08 bits per heavy atom. The molecule has 3 aromatic heterocycles. The number of carbonyl (C=O) groups excluding carboxylic acids is 1. The van der Waals surface area contributed by atoms with Crippen LogP contribution in [0.2, 0.25) is 10.0 Å². The summed E-state index contributed by atoms with van der Waals surface area (Å²) in [5.74, 6) is -0.211. The number of methoxy groups -OCH3 is 1. The van der Waals surface area contributed by atoms with Gasteiger partial charge in [-0.05, 0) is 94.5 Å². The predicted molar refractivity (Wildman–Crippen MR) is 202 cm³/mol. The van der Waals surface area contributed by atoms with Gasteiger partial charge in [-0.3, -0.25) is 9.89 Å². The van der Waals surface area contributed by atoms with E-state index in [0.29, 0.717) is 52.5 Å². The third-order valence-electron chi connectivity index (χ3n) is 10.0. The smallest absolute Gasteiger partial charge is 0.354 e. The lowest BCUT2D eigenvalue weighted by atomic mass is 9.98. The quantitative estimate of drug-likeness (QED) is 0.144. The second kappa shape index (κ2) is 13.0. The number of nitrogens with zero attached hydrogens (tertiary/aromatic N) is 4. The summed E-state index contributed by atoms with van der Waals surface area (Å²) in [7, 11) is 3.24. The predicted octanol–water partition coefficient (Wildman–Crippen LogP) is 9.00. The number of aromatic carboxylic acids is 1. The van der Waals surface area contributed by atoms with Gasteiger partial charge >= 0.3 is 5.97 Å². The molecular formula is C39H39Cl2N5O5. The molecule has 264 valence electrons. The highest BCUT2D eigenvalue weighted by Gasteiger charge is 2.40. The zero-order chi connectivity index (χ0) is 36.5. The van der Waals surface area contributed by atoms with Crippen molar-refractivity contribution >= 4 is 62.6 Å². The summed E-state index contributed by atoms with van der Waals surface area (Å²) in [6.45, 7) is 10.5. The number of halogens is 2. The first-order valence-corrected chi connectivity index (χ1v) is 17.6. The van der Waals surface area contributed by atoms with Crippen LogP contribution in [0.5, 0.6) is 11.5 Å². The van der Waals surface area contributed by atoms with Crippen LogP contribution in [0.15, 0.2) is 42.5 Å². The van der Waals surface area contributed by atoms with E-state index in [0.717, 1.165) is 60.9 Å². The van der Waals surface area contributed by atoms with Crippen molar-refractivity contribution in [2.75, 3.05) is 25.2 Å². The van der Waals surface area contributed by atoms with Crippen molar-refractivity contribution in [1.82, 2.24) is 19.3 Å². The molecule has 0 fully saturated rings. The van der Waals surface area contributed by atoms with Crippen molar-refractivity contribution in [3.05, 3.63) is 92.0 Å². The van der Waals surface area contributed by atoms with Crippen LogP contribution in [0, 0.1) is 27.7 Å². The second-order valence-corrected chi connectivity index (χ2v) is 14.1. The van der Waals surface area contributed by atoms with E-state index in [2.05, 4.69) is 14.8 Å². The average Bonchev–Trinajstić information content (AvgIpc) is 3.72. The molecule has 0 saturated heterocycles. The van der Waals surface area contributed by atoms with Crippen molar-refractivity contribution in [3.63, 3.8) is 0 Å². The van der Waals surface area contributed by atoms with Crippen LogP contribution in [-0.2, 0) is 13.5 Å². The molecule has 0 spiro atoms. The van der Waals surface area contributed by atoms with Gasteiger partial charge in [0.1, 0.15) is 17.2 Å². The van der Waals surface area contributed by atoms with Crippen LogP contribution < -0.4 is 14.4 Å². The number of nitrogens with one attached hydrogen (secondary N) is 1. The number of carboxylic acids is 1. The Hall–Kier alpha value is -4.93. The van der Waals surface area contributed by atoms with E-state index in [1.807, 2.05) is 71.0 Å². The van der Waals surface area contributed by atoms with E-state index in [-0.39, 0.29) is 24.2 Å². The van der Waals surface area contributed by atoms with Crippen LogP contribution in [-0.4, -0.2) is 56.6 Å². The maximum absolute atomic E-state index is 15.1. The Bertz CT molecular complexity index is 2360. The van der Waals surface area contributed by atoms with Crippen LogP contribution >= 0.6 is 23.2 Å². The van der Waals surface area contributed by atoms with Crippen molar-refractivity contribution < 1.29 is 24.2 Å². The summed E-state index contributed by atoms with van der Waals surface area (Å²) in [6.07, 6.45) is 1.13. The molecule has 12 heteroatoms. The number of aromatic amines is 1. The van der Waals surface area contributed by atoms with Gasteiger partial charge in [-0.2, -0.15) is 5.10 Å². The van der Waals surface area contributed by atoms with Gasteiger partial charge in [0.05, 0.1) is 46.5 Å². The zero-order valence-electron chi connectivity index (χ0n) is 29.6. The van der Waals surface area contributed by atoms with E-state index in [1.165, 1.54) is 0 Å². The SMILES string of the molecule is COc1cccc2c1c(N1C[C@@H](C)n3c(c(CCCOc4cc(C)c(Cl)c(C)c4)c4ccc(Cl)c(-c5c(C)n[nH]c5C)c43)C1=O)c(C(=O)O)n2C. The fourth-order valence-corrected chi connectivity index (χ4v) is 8.17. The van der Waals surface area contributed by atoms with E-state index in [1.54, 1.807) is 29.7 Å². The van der Waals surface area contributed by atoms with E-state index >= 15 is 4.79 Å². The minimum absolute atomic E-state index is 0.0106. The number of benzene rings is 3. The molecular weight excluding hydrogens is 689 g/mol. The molecule has 51 heavy (non-hydrogen) atoms. The number of amides is 1. The molecule has 0 bridgehead atoms. The van der Waals surface area contributed by atoms with Crippen molar-refractivity contribution in [1.29, 1.82) is 0 Å². The number of rotatable bonds is 9. The van der Waals surface area contributed by atoms with Crippen molar-refractivity contribution in [2.45, 2.75) is 53.5 Å². The maximum atomic E-state index is 15.1. The highest BCUT2D eigenvalue weighted by Crippen LogP contribution is 2.47. The number of ether oxygens (including phenoxy) is 2. The minimum Gasteiger partial charge on any atom is -0.496 e. The van der Waals surface area contributed by atoms with Gasteiger partial charge in [0.25, 0.3) is 5.91 Å². The van der Waals surface area contributed by atoms with Gasteiger partial charge in [0.15, 0.2) is 5.69 Å². The van der Waals surface area contributed by atoms with E-state index in [9.17, 15) is 9.90 Å². The molecule has 7 rings (SSSR count). The third kappa shape index (κ3) is 5.43. The Balaban J connectivity index is 1.41. The van der Waals surface area contributed by atoms with Crippen LogP contribution in [0.1, 0.15) is 68.4 Å². The number of hydrogen-bond donors (Lipinski definition) is 2. The zero-order valence-corrected chi connectivity index (χ0v) is 31.1. The molecule has 0 saturated carbocycles. The van der Waals surface area contributed by atoms with E-state index in [4.69, 9.17) is 32.7 Å². The number of anilines is 1. The summed E-state index contributed by atoms with van der Waals surface area (Å²) >= 11 is 13.4. The fraction of sp³-hybridized carbons (Fsp3) is 0.308. The van der Waals surface area contributed by atoms with Crippen LogP contribution in [0.25, 0.3) is 32.9 Å². The normalized spacial score (nSPS) is 14.5. The Kier molecular flexibility index (Phi) is 8.80. The van der Waals surface area contributed by atoms with Crippen LogP contribution in [0.3, 0.4) is 0 Å². The molecule has 6 aromatic rings. The molecule has 0 unspecified atom stereocenters. The van der Waals surface area contributed by atoms with Gasteiger partial charge in [-0.1, -0.05) is 35.3 Å². The number of hydrogen-bond acceptors (Lipinski definition) is 5.